The smallest absolute Gasteiger partial charge is 0.00494 e. The van der Waals surface area contributed by atoms with Crippen molar-refractivity contribution in [2.24, 2.45) is 11.8 Å². The van der Waals surface area contributed by atoms with E-state index < -0.39 is 0 Å². The second kappa shape index (κ2) is 7.60. The molecule has 0 aromatic rings. The molecule has 0 heterocycles. The molecular formula is C11H25N. The summed E-state index contributed by atoms with van der Waals surface area (Å²) in [6.45, 7) is 8.16. The van der Waals surface area contributed by atoms with Gasteiger partial charge >= 0.3 is 0 Å². The molecule has 0 aromatic heterocycles. The maximum absolute atomic E-state index is 3.20. The van der Waals surface area contributed by atoms with Gasteiger partial charge in [0.1, 0.15) is 0 Å². The number of hydrogen-bond acceptors (Lipinski definition) is 1. The minimum Gasteiger partial charge on any atom is -0.320 e. The van der Waals surface area contributed by atoms with Gasteiger partial charge in [-0.2, -0.15) is 0 Å². The molecule has 1 N–H and O–H groups in total. The molecule has 1 heteroatoms. The Morgan fingerprint density at radius 2 is 1.58 bits per heavy atom. The molecule has 12 heavy (non-hydrogen) atoms. The maximum Gasteiger partial charge on any atom is -0.00494 e. The largest absolute Gasteiger partial charge is 0.320 e. The van der Waals surface area contributed by atoms with Gasteiger partial charge in [0.15, 0.2) is 0 Å². The molecule has 0 saturated heterocycles. The predicted octanol–water partition coefficient (Wildman–Crippen LogP) is 3.06. The minimum atomic E-state index is 0.895. The Morgan fingerprint density at radius 1 is 1.00 bits per heavy atom. The normalized spacial score (nSPS) is 16.0. The first-order chi connectivity index (χ1) is 5.70. The second-order valence-corrected chi connectivity index (χ2v) is 4.09. The van der Waals surface area contributed by atoms with E-state index in [0.717, 1.165) is 11.8 Å². The van der Waals surface area contributed by atoms with Crippen LogP contribution in [0.1, 0.15) is 46.5 Å². The lowest BCUT2D eigenvalue weighted by atomic mass is 9.94. The van der Waals surface area contributed by atoms with Gasteiger partial charge in [0.2, 0.25) is 0 Å². The third-order valence-electron chi connectivity index (χ3n) is 2.74. The van der Waals surface area contributed by atoms with Crippen LogP contribution >= 0.6 is 0 Å². The third kappa shape index (κ3) is 6.66. The van der Waals surface area contributed by atoms with Gasteiger partial charge in [0.05, 0.1) is 0 Å². The lowest BCUT2D eigenvalue weighted by Crippen LogP contribution is -2.12. The molecule has 0 bridgehead atoms. The highest BCUT2D eigenvalue weighted by Crippen LogP contribution is 2.16. The first-order valence-electron chi connectivity index (χ1n) is 5.35. The first kappa shape index (κ1) is 12.0. The molecule has 0 saturated carbocycles. The van der Waals surface area contributed by atoms with Crippen LogP contribution in [0.15, 0.2) is 0 Å². The molecule has 2 atom stereocenters. The number of hydrogen-bond donors (Lipinski definition) is 1. The minimum absolute atomic E-state index is 0.895. The molecule has 0 spiro atoms. The van der Waals surface area contributed by atoms with Crippen molar-refractivity contribution < 1.29 is 0 Å². The summed E-state index contributed by atoms with van der Waals surface area (Å²) in [6.07, 6.45) is 5.46. The van der Waals surface area contributed by atoms with Crippen molar-refractivity contribution in [2.75, 3.05) is 13.6 Å². The Bertz CT molecular complexity index is 91.0. The van der Waals surface area contributed by atoms with Gasteiger partial charge in [-0.15, -0.1) is 0 Å². The van der Waals surface area contributed by atoms with Gasteiger partial charge in [-0.05, 0) is 31.8 Å². The van der Waals surface area contributed by atoms with Crippen molar-refractivity contribution in [1.29, 1.82) is 0 Å². The van der Waals surface area contributed by atoms with Crippen molar-refractivity contribution in [3.8, 4) is 0 Å². The first-order valence-corrected chi connectivity index (χ1v) is 5.35. The van der Waals surface area contributed by atoms with Gasteiger partial charge < -0.3 is 5.32 Å². The van der Waals surface area contributed by atoms with Crippen LogP contribution in [0.25, 0.3) is 0 Å². The van der Waals surface area contributed by atoms with Crippen molar-refractivity contribution in [2.45, 2.75) is 46.5 Å². The SMILES string of the molecule is CC[C@@H](C)CC[C@@H](C)CCNC. The average Bonchev–Trinajstić information content (AvgIpc) is 2.10. The standard InChI is InChI=1S/C11H25N/c1-5-10(2)6-7-11(3)8-9-12-4/h10-12H,5-9H2,1-4H3/t10-,11-/m1/s1. The average molecular weight is 171 g/mol. The van der Waals surface area contributed by atoms with E-state index in [1.807, 2.05) is 7.05 Å². The number of nitrogens with one attached hydrogen (secondary N) is 1. The predicted molar refractivity (Wildman–Crippen MR) is 56.4 cm³/mol. The van der Waals surface area contributed by atoms with Crippen LogP contribution < -0.4 is 5.32 Å². The van der Waals surface area contributed by atoms with Crippen molar-refractivity contribution in [3.63, 3.8) is 0 Å². The topological polar surface area (TPSA) is 12.0 Å². The van der Waals surface area contributed by atoms with Crippen molar-refractivity contribution in [1.82, 2.24) is 5.32 Å². The zero-order valence-electron chi connectivity index (χ0n) is 9.19. The van der Waals surface area contributed by atoms with E-state index >= 15 is 0 Å². The van der Waals surface area contributed by atoms with E-state index in [1.54, 1.807) is 0 Å². The van der Waals surface area contributed by atoms with E-state index in [1.165, 1.54) is 32.2 Å². The summed E-state index contributed by atoms with van der Waals surface area (Å²) in [6, 6.07) is 0. The van der Waals surface area contributed by atoms with Gasteiger partial charge in [-0.1, -0.05) is 40.0 Å². The van der Waals surface area contributed by atoms with Crippen LogP contribution in [-0.2, 0) is 0 Å². The quantitative estimate of drug-likeness (QED) is 0.621. The van der Waals surface area contributed by atoms with Crippen LogP contribution in [0.5, 0.6) is 0 Å². The van der Waals surface area contributed by atoms with Gasteiger partial charge in [0.25, 0.3) is 0 Å². The molecule has 0 aromatic carbocycles. The molecule has 0 aliphatic heterocycles. The fourth-order valence-electron chi connectivity index (χ4n) is 1.31. The van der Waals surface area contributed by atoms with E-state index in [0.29, 0.717) is 0 Å². The van der Waals surface area contributed by atoms with Gasteiger partial charge in [-0.3, -0.25) is 0 Å². The monoisotopic (exact) mass is 171 g/mol. The van der Waals surface area contributed by atoms with E-state index in [-0.39, 0.29) is 0 Å². The van der Waals surface area contributed by atoms with E-state index in [2.05, 4.69) is 26.1 Å². The summed E-state index contributed by atoms with van der Waals surface area (Å²) >= 11 is 0. The molecule has 0 aliphatic rings. The van der Waals surface area contributed by atoms with Gasteiger partial charge in [-0.25, -0.2) is 0 Å². The summed E-state index contributed by atoms with van der Waals surface area (Å²) in [5.41, 5.74) is 0. The summed E-state index contributed by atoms with van der Waals surface area (Å²) in [5, 5.41) is 3.20. The molecule has 0 radical (unpaired) electrons. The Morgan fingerprint density at radius 3 is 2.08 bits per heavy atom. The Labute approximate surface area is 77.9 Å². The molecule has 74 valence electrons. The highest BCUT2D eigenvalue weighted by molar-refractivity contribution is 4.58. The molecule has 0 unspecified atom stereocenters. The Hall–Kier alpha value is -0.0400. The molecule has 0 fully saturated rings. The fraction of sp³-hybridized carbons (Fsp3) is 1.00. The summed E-state index contributed by atoms with van der Waals surface area (Å²) in [5.74, 6) is 1.81. The van der Waals surface area contributed by atoms with E-state index in [9.17, 15) is 0 Å². The van der Waals surface area contributed by atoms with Crippen LogP contribution in [0.4, 0.5) is 0 Å². The van der Waals surface area contributed by atoms with Crippen LogP contribution in [0, 0.1) is 11.8 Å². The molecule has 0 aliphatic carbocycles. The zero-order chi connectivity index (χ0) is 9.40. The van der Waals surface area contributed by atoms with Crippen LogP contribution in [0.2, 0.25) is 0 Å². The summed E-state index contributed by atoms with van der Waals surface area (Å²) in [4.78, 5) is 0. The summed E-state index contributed by atoms with van der Waals surface area (Å²) in [7, 11) is 2.03. The molecular weight excluding hydrogens is 146 g/mol. The lowest BCUT2D eigenvalue weighted by molar-refractivity contribution is 0.403. The third-order valence-corrected chi connectivity index (χ3v) is 2.74. The van der Waals surface area contributed by atoms with Crippen molar-refractivity contribution >= 4 is 0 Å². The van der Waals surface area contributed by atoms with E-state index in [4.69, 9.17) is 0 Å². The second-order valence-electron chi connectivity index (χ2n) is 4.09. The van der Waals surface area contributed by atoms with Gasteiger partial charge in [0, 0.05) is 0 Å². The highest BCUT2D eigenvalue weighted by atomic mass is 14.8. The van der Waals surface area contributed by atoms with Crippen LogP contribution in [-0.4, -0.2) is 13.6 Å². The molecule has 0 amide bonds. The van der Waals surface area contributed by atoms with Crippen LogP contribution in [0.3, 0.4) is 0 Å². The Balaban J connectivity index is 3.24. The number of rotatable bonds is 7. The van der Waals surface area contributed by atoms with Crippen molar-refractivity contribution in [3.05, 3.63) is 0 Å². The Kier molecular flexibility index (Phi) is 7.58. The molecule has 0 rings (SSSR count). The summed E-state index contributed by atoms with van der Waals surface area (Å²) < 4.78 is 0. The maximum atomic E-state index is 3.20. The molecule has 1 nitrogen and oxygen atoms in total. The highest BCUT2D eigenvalue weighted by Gasteiger charge is 2.04. The zero-order valence-corrected chi connectivity index (χ0v) is 9.19. The fourth-order valence-corrected chi connectivity index (χ4v) is 1.31. The lowest BCUT2D eigenvalue weighted by Gasteiger charge is -2.13.